The first kappa shape index (κ1) is 12.1. The van der Waals surface area contributed by atoms with Crippen LogP contribution in [0.3, 0.4) is 0 Å². The number of carbonyl (C=O) groups is 1. The highest BCUT2D eigenvalue weighted by Gasteiger charge is 2.21. The second-order valence-electron chi connectivity index (χ2n) is 2.89. The van der Waals surface area contributed by atoms with E-state index in [9.17, 15) is 13.2 Å². The highest BCUT2D eigenvalue weighted by Crippen LogP contribution is 2.09. The number of hydrogen-bond acceptors (Lipinski definition) is 5. The quantitative estimate of drug-likeness (QED) is 0.392. The molecular formula is C7H12O5S. The van der Waals surface area contributed by atoms with Crippen molar-refractivity contribution in [1.82, 2.24) is 0 Å². The summed E-state index contributed by atoms with van der Waals surface area (Å²) in [6.45, 7) is 6.04. The Bertz CT molecular complexity index is 258. The lowest BCUT2D eigenvalue weighted by atomic mass is 10.2. The van der Waals surface area contributed by atoms with E-state index in [2.05, 4.69) is 15.5 Å². The van der Waals surface area contributed by atoms with Crippen LogP contribution in [0.5, 0.6) is 0 Å². The maximum absolute atomic E-state index is 10.6. The van der Waals surface area contributed by atoms with E-state index in [0.29, 0.717) is 0 Å². The van der Waals surface area contributed by atoms with Gasteiger partial charge in [-0.05, 0) is 13.8 Å². The van der Waals surface area contributed by atoms with Gasteiger partial charge in [-0.2, -0.15) is 0 Å². The Balaban J connectivity index is 4.02. The summed E-state index contributed by atoms with van der Waals surface area (Å²) in [7, 11) is -2.94. The SMILES string of the molecule is C=CC(=O)OCC(C)(C)O[SH](=O)=O. The third kappa shape index (κ3) is 6.30. The van der Waals surface area contributed by atoms with Crippen LogP contribution >= 0.6 is 0 Å². The molecule has 5 nitrogen and oxygen atoms in total. The van der Waals surface area contributed by atoms with E-state index in [-0.39, 0.29) is 6.61 Å². The van der Waals surface area contributed by atoms with Gasteiger partial charge < -0.3 is 4.74 Å². The van der Waals surface area contributed by atoms with Crippen LogP contribution in [0.2, 0.25) is 0 Å². The average molecular weight is 208 g/mol. The van der Waals surface area contributed by atoms with Crippen LogP contribution in [0.25, 0.3) is 0 Å². The first-order chi connectivity index (χ1) is 5.87. The van der Waals surface area contributed by atoms with Gasteiger partial charge in [0.2, 0.25) is 0 Å². The molecule has 0 saturated heterocycles. The van der Waals surface area contributed by atoms with Crippen molar-refractivity contribution in [3.05, 3.63) is 12.7 Å². The molecule has 0 spiro atoms. The van der Waals surface area contributed by atoms with Crippen molar-refractivity contribution in [2.45, 2.75) is 19.4 Å². The number of hydrogen-bond donors (Lipinski definition) is 1. The van der Waals surface area contributed by atoms with Crippen molar-refractivity contribution < 1.29 is 22.1 Å². The van der Waals surface area contributed by atoms with Crippen LogP contribution in [0.1, 0.15) is 13.8 Å². The fourth-order valence-electron chi connectivity index (χ4n) is 0.532. The predicted molar refractivity (Wildman–Crippen MR) is 46.6 cm³/mol. The Morgan fingerprint density at radius 1 is 1.54 bits per heavy atom. The maximum Gasteiger partial charge on any atom is 0.330 e. The molecule has 13 heavy (non-hydrogen) atoms. The molecule has 0 unspecified atom stereocenters. The first-order valence-electron chi connectivity index (χ1n) is 3.50. The lowest BCUT2D eigenvalue weighted by Crippen LogP contribution is -2.31. The molecule has 0 aromatic heterocycles. The Morgan fingerprint density at radius 2 is 2.08 bits per heavy atom. The average Bonchev–Trinajstić information content (AvgIpc) is 1.98. The van der Waals surface area contributed by atoms with Gasteiger partial charge in [-0.3, -0.25) is 4.18 Å². The monoisotopic (exact) mass is 208 g/mol. The summed E-state index contributed by atoms with van der Waals surface area (Å²) in [4.78, 5) is 10.6. The second kappa shape index (κ2) is 4.98. The van der Waals surface area contributed by atoms with Crippen molar-refractivity contribution in [3.63, 3.8) is 0 Å². The van der Waals surface area contributed by atoms with Crippen LogP contribution in [0.15, 0.2) is 12.7 Å². The van der Waals surface area contributed by atoms with Crippen LogP contribution in [-0.2, 0) is 24.7 Å². The zero-order valence-electron chi connectivity index (χ0n) is 7.48. The molecule has 0 rings (SSSR count). The number of rotatable bonds is 5. The normalized spacial score (nSPS) is 11.3. The lowest BCUT2D eigenvalue weighted by molar-refractivity contribution is -0.142. The van der Waals surface area contributed by atoms with E-state index in [1.807, 2.05) is 0 Å². The first-order valence-corrected chi connectivity index (χ1v) is 4.59. The molecule has 0 aliphatic carbocycles. The molecule has 0 amide bonds. The fourth-order valence-corrected chi connectivity index (χ4v) is 0.988. The molecule has 0 fully saturated rings. The topological polar surface area (TPSA) is 69.7 Å². The van der Waals surface area contributed by atoms with Gasteiger partial charge >= 0.3 is 5.97 Å². The van der Waals surface area contributed by atoms with Crippen LogP contribution < -0.4 is 0 Å². The summed E-state index contributed by atoms with van der Waals surface area (Å²) in [5.41, 5.74) is -1.03. The number of carbonyl (C=O) groups excluding carboxylic acids is 1. The highest BCUT2D eigenvalue weighted by atomic mass is 32.2. The van der Waals surface area contributed by atoms with E-state index in [1.54, 1.807) is 0 Å². The van der Waals surface area contributed by atoms with E-state index in [4.69, 9.17) is 0 Å². The van der Waals surface area contributed by atoms with E-state index < -0.39 is 22.6 Å². The van der Waals surface area contributed by atoms with Crippen molar-refractivity contribution in [3.8, 4) is 0 Å². The van der Waals surface area contributed by atoms with Gasteiger partial charge in [0.1, 0.15) is 12.2 Å². The number of ether oxygens (including phenoxy) is 1. The van der Waals surface area contributed by atoms with Gasteiger partial charge in [0.05, 0.1) is 0 Å². The van der Waals surface area contributed by atoms with Gasteiger partial charge in [-0.25, -0.2) is 13.2 Å². The predicted octanol–water partition coefficient (Wildman–Crippen LogP) is 0.0372. The minimum atomic E-state index is -2.94. The molecule has 6 heteroatoms. The van der Waals surface area contributed by atoms with Gasteiger partial charge in [-0.1, -0.05) is 6.58 Å². The summed E-state index contributed by atoms with van der Waals surface area (Å²) in [5.74, 6) is -0.613. The molecule has 0 N–H and O–H groups in total. The minimum Gasteiger partial charge on any atom is -0.459 e. The smallest absolute Gasteiger partial charge is 0.330 e. The van der Waals surface area contributed by atoms with Crippen molar-refractivity contribution in [2.75, 3.05) is 6.61 Å². The molecule has 0 heterocycles. The second-order valence-corrected chi connectivity index (χ2v) is 3.52. The highest BCUT2D eigenvalue weighted by molar-refractivity contribution is 7.67. The third-order valence-electron chi connectivity index (χ3n) is 1.05. The van der Waals surface area contributed by atoms with E-state index in [0.717, 1.165) is 6.08 Å². The Kier molecular flexibility index (Phi) is 4.64. The van der Waals surface area contributed by atoms with Gasteiger partial charge in [0, 0.05) is 6.08 Å². The van der Waals surface area contributed by atoms with E-state index >= 15 is 0 Å². The minimum absolute atomic E-state index is 0.138. The molecule has 0 aromatic carbocycles. The fraction of sp³-hybridized carbons (Fsp3) is 0.571. The Morgan fingerprint density at radius 3 is 2.46 bits per heavy atom. The van der Waals surface area contributed by atoms with Gasteiger partial charge in [0.25, 0.3) is 11.0 Å². The molecule has 76 valence electrons. The summed E-state index contributed by atoms with van der Waals surface area (Å²) in [5, 5.41) is 0. The molecule has 0 aliphatic heterocycles. The van der Waals surface area contributed by atoms with Crippen LogP contribution in [-0.4, -0.2) is 26.6 Å². The molecular weight excluding hydrogens is 196 g/mol. The number of esters is 1. The van der Waals surface area contributed by atoms with E-state index in [1.165, 1.54) is 13.8 Å². The molecule has 0 radical (unpaired) electrons. The van der Waals surface area contributed by atoms with Crippen molar-refractivity contribution in [1.29, 1.82) is 0 Å². The molecule has 0 saturated carbocycles. The van der Waals surface area contributed by atoms with Crippen LogP contribution in [0, 0.1) is 0 Å². The maximum atomic E-state index is 10.6. The Labute approximate surface area is 78.5 Å². The largest absolute Gasteiger partial charge is 0.459 e. The molecule has 0 atom stereocenters. The van der Waals surface area contributed by atoms with Crippen molar-refractivity contribution >= 4 is 17.0 Å². The van der Waals surface area contributed by atoms with Gasteiger partial charge in [0.15, 0.2) is 0 Å². The number of thiol groups is 1. The standard InChI is InChI=1S/C7H12O5S/c1-4-6(8)11-5-7(2,3)12-13(9)10/h4,13H,1,5H2,2-3H3. The summed E-state index contributed by atoms with van der Waals surface area (Å²) < 4.78 is 29.4. The summed E-state index contributed by atoms with van der Waals surface area (Å²) in [6.07, 6.45) is 0.993. The molecule has 0 aromatic rings. The Hall–Kier alpha value is -0.880. The van der Waals surface area contributed by atoms with Crippen LogP contribution in [0.4, 0.5) is 0 Å². The molecule has 0 aliphatic rings. The van der Waals surface area contributed by atoms with Crippen molar-refractivity contribution in [2.24, 2.45) is 0 Å². The van der Waals surface area contributed by atoms with Gasteiger partial charge in [-0.15, -0.1) is 0 Å². The summed E-state index contributed by atoms with van der Waals surface area (Å²) in [6, 6.07) is 0. The zero-order valence-corrected chi connectivity index (χ0v) is 8.37. The lowest BCUT2D eigenvalue weighted by Gasteiger charge is -2.19. The zero-order chi connectivity index (χ0) is 10.5. The third-order valence-corrected chi connectivity index (χ3v) is 1.69. The summed E-state index contributed by atoms with van der Waals surface area (Å²) >= 11 is 0. The molecule has 0 bridgehead atoms.